The third-order valence-corrected chi connectivity index (χ3v) is 5.24. The molecular weight excluding hydrogens is 282 g/mol. The minimum atomic E-state index is 0.438. The Bertz CT molecular complexity index is 580. The van der Waals surface area contributed by atoms with Crippen molar-refractivity contribution in [3.63, 3.8) is 0 Å². The number of aryl methyl sites for hydroxylation is 1. The zero-order valence-electron chi connectivity index (χ0n) is 13.0. The zero-order chi connectivity index (χ0) is 14.8. The summed E-state index contributed by atoms with van der Waals surface area (Å²) in [5, 5.41) is 8.47. The minimum Gasteiger partial charge on any atom is -0.315 e. The lowest BCUT2D eigenvalue weighted by atomic mass is 9.95. The van der Waals surface area contributed by atoms with Gasteiger partial charge >= 0.3 is 0 Å². The topological polar surface area (TPSA) is 46.8 Å². The fourth-order valence-corrected chi connectivity index (χ4v) is 3.79. The summed E-state index contributed by atoms with van der Waals surface area (Å²) in [5.74, 6) is 1.72. The number of aromatic nitrogens is 4. The highest BCUT2D eigenvalue weighted by Gasteiger charge is 2.25. The van der Waals surface area contributed by atoms with Crippen LogP contribution in [0.3, 0.4) is 0 Å². The first-order valence-corrected chi connectivity index (χ1v) is 8.54. The molecule has 0 aromatic carbocycles. The fourth-order valence-electron chi connectivity index (χ4n) is 2.97. The van der Waals surface area contributed by atoms with Crippen LogP contribution >= 0.6 is 11.3 Å². The van der Waals surface area contributed by atoms with Gasteiger partial charge in [-0.05, 0) is 46.7 Å². The molecule has 3 rings (SSSR count). The standard InChI is InChI=1S/C15H23N5S/c1-11(2)20-9-17-18-15(20)13-4-6-19(7-5-13)8-14-12(3)16-10-21-14/h9-11,13H,4-8H2,1-3H3. The molecule has 3 heterocycles. The number of nitrogens with zero attached hydrogens (tertiary/aromatic N) is 5. The molecule has 0 amide bonds. The number of likely N-dealkylation sites (tertiary alicyclic amines) is 1. The summed E-state index contributed by atoms with van der Waals surface area (Å²) in [7, 11) is 0. The van der Waals surface area contributed by atoms with E-state index in [9.17, 15) is 0 Å². The molecule has 0 unspecified atom stereocenters. The first-order valence-electron chi connectivity index (χ1n) is 7.66. The smallest absolute Gasteiger partial charge is 0.136 e. The monoisotopic (exact) mass is 305 g/mol. The van der Waals surface area contributed by atoms with Crippen LogP contribution in [0.15, 0.2) is 11.8 Å². The first-order chi connectivity index (χ1) is 10.1. The molecule has 5 nitrogen and oxygen atoms in total. The number of piperidine rings is 1. The van der Waals surface area contributed by atoms with Crippen molar-refractivity contribution in [3.05, 3.63) is 28.2 Å². The van der Waals surface area contributed by atoms with Gasteiger partial charge in [0.25, 0.3) is 0 Å². The molecule has 0 aliphatic carbocycles. The molecule has 0 bridgehead atoms. The van der Waals surface area contributed by atoms with Crippen molar-refractivity contribution in [3.8, 4) is 0 Å². The molecule has 2 aromatic heterocycles. The lowest BCUT2D eigenvalue weighted by Crippen LogP contribution is -2.33. The maximum Gasteiger partial charge on any atom is 0.136 e. The second-order valence-corrected chi connectivity index (χ2v) is 7.04. The summed E-state index contributed by atoms with van der Waals surface area (Å²) in [4.78, 5) is 8.28. The Balaban J connectivity index is 1.60. The van der Waals surface area contributed by atoms with Crippen molar-refractivity contribution < 1.29 is 0 Å². The lowest BCUT2D eigenvalue weighted by molar-refractivity contribution is 0.200. The second kappa shape index (κ2) is 6.23. The van der Waals surface area contributed by atoms with E-state index < -0.39 is 0 Å². The number of hydrogen-bond donors (Lipinski definition) is 0. The van der Waals surface area contributed by atoms with Gasteiger partial charge in [0.15, 0.2) is 0 Å². The molecule has 0 spiro atoms. The second-order valence-electron chi connectivity index (χ2n) is 6.10. The van der Waals surface area contributed by atoms with Gasteiger partial charge in [0.2, 0.25) is 0 Å². The van der Waals surface area contributed by atoms with Gasteiger partial charge in [-0.3, -0.25) is 4.90 Å². The average Bonchev–Trinajstić information content (AvgIpc) is 3.10. The summed E-state index contributed by atoms with van der Waals surface area (Å²) in [5.41, 5.74) is 3.13. The maximum atomic E-state index is 4.36. The molecule has 0 atom stereocenters. The van der Waals surface area contributed by atoms with Crippen molar-refractivity contribution in [2.45, 2.75) is 52.1 Å². The van der Waals surface area contributed by atoms with Gasteiger partial charge in [-0.2, -0.15) is 0 Å². The summed E-state index contributed by atoms with van der Waals surface area (Å²) < 4.78 is 2.22. The maximum absolute atomic E-state index is 4.36. The van der Waals surface area contributed by atoms with Crippen molar-refractivity contribution in [2.24, 2.45) is 0 Å². The minimum absolute atomic E-state index is 0.438. The largest absolute Gasteiger partial charge is 0.315 e. The molecule has 1 fully saturated rings. The number of rotatable bonds is 4. The van der Waals surface area contributed by atoms with E-state index in [1.165, 1.54) is 29.2 Å². The third-order valence-electron chi connectivity index (χ3n) is 4.32. The Hall–Kier alpha value is -1.27. The van der Waals surface area contributed by atoms with Crippen molar-refractivity contribution in [1.29, 1.82) is 0 Å². The SMILES string of the molecule is Cc1ncsc1CN1CCC(c2nncn2C(C)C)CC1. The van der Waals surface area contributed by atoms with Gasteiger partial charge in [-0.15, -0.1) is 21.5 Å². The Kier molecular flexibility index (Phi) is 4.35. The average molecular weight is 305 g/mol. The summed E-state index contributed by atoms with van der Waals surface area (Å²) in [6.45, 7) is 9.78. The van der Waals surface area contributed by atoms with E-state index in [-0.39, 0.29) is 0 Å². The van der Waals surface area contributed by atoms with Gasteiger partial charge in [0.05, 0.1) is 11.2 Å². The molecule has 0 radical (unpaired) electrons. The molecule has 114 valence electrons. The van der Waals surface area contributed by atoms with Crippen LogP contribution in [0, 0.1) is 6.92 Å². The molecule has 1 aliphatic rings. The van der Waals surface area contributed by atoms with Gasteiger partial charge in [0, 0.05) is 23.4 Å². The van der Waals surface area contributed by atoms with Crippen LogP contribution in [0.25, 0.3) is 0 Å². The van der Waals surface area contributed by atoms with Crippen LogP contribution in [0.5, 0.6) is 0 Å². The number of hydrogen-bond acceptors (Lipinski definition) is 5. The van der Waals surface area contributed by atoms with E-state index in [0.717, 1.165) is 19.6 Å². The van der Waals surface area contributed by atoms with Crippen molar-refractivity contribution >= 4 is 11.3 Å². The normalized spacial score (nSPS) is 17.7. The van der Waals surface area contributed by atoms with Gasteiger partial charge < -0.3 is 4.57 Å². The van der Waals surface area contributed by atoms with Crippen LogP contribution < -0.4 is 0 Å². The molecule has 1 saturated heterocycles. The Morgan fingerprint density at radius 2 is 2.10 bits per heavy atom. The van der Waals surface area contributed by atoms with E-state index in [4.69, 9.17) is 0 Å². The van der Waals surface area contributed by atoms with E-state index in [1.807, 2.05) is 11.8 Å². The van der Waals surface area contributed by atoms with Crippen molar-refractivity contribution in [1.82, 2.24) is 24.6 Å². The van der Waals surface area contributed by atoms with E-state index in [0.29, 0.717) is 12.0 Å². The summed E-state index contributed by atoms with van der Waals surface area (Å²) in [6.07, 6.45) is 4.21. The molecular formula is C15H23N5S. The fraction of sp³-hybridized carbons (Fsp3) is 0.667. The van der Waals surface area contributed by atoms with Gasteiger partial charge in [0.1, 0.15) is 12.2 Å². The van der Waals surface area contributed by atoms with Crippen LogP contribution in [0.2, 0.25) is 0 Å². The van der Waals surface area contributed by atoms with Gasteiger partial charge in [-0.1, -0.05) is 0 Å². The quantitative estimate of drug-likeness (QED) is 0.871. The first kappa shape index (κ1) is 14.7. The number of thiazole rings is 1. The van der Waals surface area contributed by atoms with Crippen LogP contribution in [0.1, 0.15) is 55.0 Å². The highest BCUT2D eigenvalue weighted by Crippen LogP contribution is 2.29. The Morgan fingerprint density at radius 3 is 2.71 bits per heavy atom. The lowest BCUT2D eigenvalue weighted by Gasteiger charge is -2.31. The van der Waals surface area contributed by atoms with Crippen molar-refractivity contribution in [2.75, 3.05) is 13.1 Å². The Morgan fingerprint density at radius 1 is 1.33 bits per heavy atom. The van der Waals surface area contributed by atoms with Crippen LogP contribution in [-0.2, 0) is 6.54 Å². The molecule has 1 aliphatic heterocycles. The molecule has 2 aromatic rings. The van der Waals surface area contributed by atoms with Crippen LogP contribution in [0.4, 0.5) is 0 Å². The van der Waals surface area contributed by atoms with Gasteiger partial charge in [-0.25, -0.2) is 4.98 Å². The van der Waals surface area contributed by atoms with E-state index in [2.05, 4.69) is 45.4 Å². The third kappa shape index (κ3) is 3.16. The summed E-state index contributed by atoms with van der Waals surface area (Å²) >= 11 is 1.77. The predicted molar refractivity (Wildman–Crippen MR) is 84.5 cm³/mol. The molecule has 0 N–H and O–H groups in total. The zero-order valence-corrected chi connectivity index (χ0v) is 13.8. The summed E-state index contributed by atoms with van der Waals surface area (Å²) in [6, 6.07) is 0.438. The Labute approximate surface area is 130 Å². The molecule has 6 heteroatoms. The molecule has 0 saturated carbocycles. The van der Waals surface area contributed by atoms with E-state index in [1.54, 1.807) is 11.3 Å². The van der Waals surface area contributed by atoms with E-state index >= 15 is 0 Å². The molecule has 21 heavy (non-hydrogen) atoms. The predicted octanol–water partition coefficient (Wildman–Crippen LogP) is 3.00. The highest BCUT2D eigenvalue weighted by molar-refractivity contribution is 7.09. The highest BCUT2D eigenvalue weighted by atomic mass is 32.1. The van der Waals surface area contributed by atoms with Crippen LogP contribution in [-0.4, -0.2) is 37.7 Å².